The van der Waals surface area contributed by atoms with Crippen molar-refractivity contribution in [1.29, 1.82) is 0 Å². The van der Waals surface area contributed by atoms with Gasteiger partial charge in [0.1, 0.15) is 10.6 Å². The highest BCUT2D eigenvalue weighted by atomic mass is 35.5. The maximum atomic E-state index is 13.7. The molecule has 0 unspecified atom stereocenters. The topological polar surface area (TPSA) is 108 Å². The average Bonchev–Trinajstić information content (AvgIpc) is 2.85. The van der Waals surface area contributed by atoms with Gasteiger partial charge < -0.3 is 9.12 Å². The number of sulfone groups is 1. The number of carbonyl (C=O) groups excluding carboxylic acids is 1. The Bertz CT molecular complexity index is 1550. The van der Waals surface area contributed by atoms with Crippen molar-refractivity contribution in [1.82, 2.24) is 9.29 Å². The molecule has 0 spiro atoms. The van der Waals surface area contributed by atoms with E-state index in [2.05, 4.69) is 4.72 Å². The lowest BCUT2D eigenvalue weighted by Gasteiger charge is -2.27. The first kappa shape index (κ1) is 31.0. The van der Waals surface area contributed by atoms with Gasteiger partial charge in [0.15, 0.2) is 15.6 Å². The molecule has 0 saturated heterocycles. The highest BCUT2D eigenvalue weighted by molar-refractivity contribution is 7.91. The molecule has 0 bridgehead atoms. The Morgan fingerprint density at radius 3 is 2.33 bits per heavy atom. The van der Waals surface area contributed by atoms with Crippen molar-refractivity contribution < 1.29 is 22.2 Å². The van der Waals surface area contributed by atoms with E-state index in [4.69, 9.17) is 11.6 Å². The SMILES string of the molecule is CCS(=O)(=O)Cc1cc(-c2cn(C)c(=O)cc2[C@H](C)N[S@@+]([O-])C(C)(C)C)c(C(=O)c2ccc(F)cc2)cc1Cl. The quantitative estimate of drug-likeness (QED) is 0.272. The lowest BCUT2D eigenvalue weighted by Crippen LogP contribution is -2.41. The van der Waals surface area contributed by atoms with Gasteiger partial charge in [-0.25, -0.2) is 12.8 Å². The summed E-state index contributed by atoms with van der Waals surface area (Å²) < 4.78 is 55.2. The lowest BCUT2D eigenvalue weighted by atomic mass is 9.89. The second kappa shape index (κ2) is 11.9. The van der Waals surface area contributed by atoms with Crippen LogP contribution in [0.4, 0.5) is 4.39 Å². The molecule has 1 N–H and O–H groups in total. The first-order valence-electron chi connectivity index (χ1n) is 12.3. The molecule has 0 aliphatic carbocycles. The number of hydrogen-bond acceptors (Lipinski definition) is 6. The number of nitrogens with one attached hydrogen (secondary N) is 1. The van der Waals surface area contributed by atoms with Gasteiger partial charge in [-0.2, -0.15) is 0 Å². The number of nitrogens with zero attached hydrogens (tertiary/aromatic N) is 1. The largest absolute Gasteiger partial charge is 0.598 e. The third-order valence-corrected chi connectivity index (χ3v) is 9.87. The third-order valence-electron chi connectivity index (χ3n) is 6.21. The number of hydrogen-bond donors (Lipinski definition) is 1. The van der Waals surface area contributed by atoms with E-state index in [1.807, 2.05) is 20.8 Å². The minimum absolute atomic E-state index is 0.0904. The molecule has 2 aromatic carbocycles. The zero-order valence-electron chi connectivity index (χ0n) is 22.7. The zero-order valence-corrected chi connectivity index (χ0v) is 25.1. The van der Waals surface area contributed by atoms with Gasteiger partial charge in [0.25, 0.3) is 5.56 Å². The van der Waals surface area contributed by atoms with Crippen LogP contribution in [0.25, 0.3) is 11.1 Å². The van der Waals surface area contributed by atoms with Crippen LogP contribution in [0.3, 0.4) is 0 Å². The van der Waals surface area contributed by atoms with Crippen LogP contribution in [0.1, 0.15) is 67.7 Å². The van der Waals surface area contributed by atoms with Crippen LogP contribution in [-0.2, 0) is 34.0 Å². The van der Waals surface area contributed by atoms with Crippen molar-refractivity contribution >= 4 is 38.6 Å². The number of carbonyl (C=O) groups is 1. The normalized spacial score (nSPS) is 13.8. The fourth-order valence-electron chi connectivity index (χ4n) is 3.86. The number of rotatable bonds is 9. The second-order valence-corrected chi connectivity index (χ2v) is 15.1. The van der Waals surface area contributed by atoms with E-state index < -0.39 is 43.6 Å². The Balaban J connectivity index is 2.32. The van der Waals surface area contributed by atoms with E-state index in [9.17, 15) is 27.0 Å². The number of ketones is 1. The minimum Gasteiger partial charge on any atom is -0.598 e. The van der Waals surface area contributed by atoms with Gasteiger partial charge in [0, 0.05) is 58.1 Å². The zero-order chi connectivity index (χ0) is 29.3. The molecule has 0 fully saturated rings. The highest BCUT2D eigenvalue weighted by Gasteiger charge is 2.30. The summed E-state index contributed by atoms with van der Waals surface area (Å²) in [5.41, 5.74) is 1.59. The summed E-state index contributed by atoms with van der Waals surface area (Å²) in [6.07, 6.45) is 1.55. The van der Waals surface area contributed by atoms with Crippen molar-refractivity contribution in [3.63, 3.8) is 0 Å². The molecule has 3 aromatic rings. The van der Waals surface area contributed by atoms with Gasteiger partial charge >= 0.3 is 0 Å². The van der Waals surface area contributed by atoms with Crippen molar-refractivity contribution in [2.24, 2.45) is 7.05 Å². The van der Waals surface area contributed by atoms with E-state index in [0.717, 1.165) is 0 Å². The number of aromatic nitrogens is 1. The van der Waals surface area contributed by atoms with E-state index in [1.165, 1.54) is 47.9 Å². The third kappa shape index (κ3) is 7.37. The van der Waals surface area contributed by atoms with Gasteiger partial charge in [-0.15, -0.1) is 4.72 Å². The number of aryl methyl sites for hydroxylation is 1. The molecule has 7 nitrogen and oxygen atoms in total. The average molecular weight is 595 g/mol. The highest BCUT2D eigenvalue weighted by Crippen LogP contribution is 2.36. The summed E-state index contributed by atoms with van der Waals surface area (Å²) in [6, 6.07) is 8.81. The summed E-state index contributed by atoms with van der Waals surface area (Å²) in [4.78, 5) is 26.4. The lowest BCUT2D eigenvalue weighted by molar-refractivity contribution is 0.103. The van der Waals surface area contributed by atoms with Gasteiger partial charge in [-0.05, 0) is 80.8 Å². The molecule has 11 heteroatoms. The Morgan fingerprint density at radius 2 is 1.77 bits per heavy atom. The summed E-state index contributed by atoms with van der Waals surface area (Å²) in [7, 11) is -1.92. The Labute approximate surface area is 236 Å². The van der Waals surface area contributed by atoms with Crippen LogP contribution in [0.5, 0.6) is 0 Å². The first-order valence-corrected chi connectivity index (χ1v) is 15.6. The summed E-state index contributed by atoms with van der Waals surface area (Å²) in [6.45, 7) is 8.72. The van der Waals surface area contributed by atoms with Crippen LogP contribution in [-0.4, -0.2) is 33.8 Å². The van der Waals surface area contributed by atoms with E-state index in [0.29, 0.717) is 22.3 Å². The molecular formula is C28H32ClFN2O5S2. The molecule has 0 radical (unpaired) electrons. The van der Waals surface area contributed by atoms with Crippen LogP contribution in [0.15, 0.2) is 53.5 Å². The van der Waals surface area contributed by atoms with Gasteiger partial charge in [-0.1, -0.05) is 18.5 Å². The molecular weight excluding hydrogens is 563 g/mol. The molecule has 0 aliphatic heterocycles. The Hall–Kier alpha value is -2.50. The summed E-state index contributed by atoms with van der Waals surface area (Å²) >= 11 is 5.03. The Kier molecular flexibility index (Phi) is 9.50. The van der Waals surface area contributed by atoms with Crippen molar-refractivity contribution in [3.05, 3.63) is 92.1 Å². The Morgan fingerprint density at radius 1 is 1.15 bits per heavy atom. The molecule has 39 heavy (non-hydrogen) atoms. The minimum atomic E-state index is -3.48. The number of pyridine rings is 1. The molecule has 1 aromatic heterocycles. The monoisotopic (exact) mass is 594 g/mol. The first-order chi connectivity index (χ1) is 18.0. The molecule has 0 amide bonds. The fourth-order valence-corrected chi connectivity index (χ4v) is 5.89. The van der Waals surface area contributed by atoms with Gasteiger partial charge in [0.05, 0.1) is 11.8 Å². The molecule has 2 atom stereocenters. The van der Waals surface area contributed by atoms with Crippen LogP contribution in [0, 0.1) is 5.82 Å². The number of halogens is 2. The fraction of sp³-hybridized carbons (Fsp3) is 0.357. The maximum Gasteiger partial charge on any atom is 0.250 e. The van der Waals surface area contributed by atoms with Crippen molar-refractivity contribution in [2.75, 3.05) is 5.75 Å². The standard InChI is InChI=1S/C28H32ClFN2O5S2/c1-7-39(36,37)16-19-12-22(23(13-25(19)29)27(34)18-8-10-20(30)11-9-18)24-15-32(6)26(33)14-21(24)17(2)31-38(35)28(3,4)5/h8-15,17,31H,7,16H2,1-6H3/t17-,38-/m0/s1. The number of benzene rings is 2. The molecule has 0 aliphatic rings. The van der Waals surface area contributed by atoms with E-state index in [-0.39, 0.29) is 33.2 Å². The van der Waals surface area contributed by atoms with Crippen molar-refractivity contribution in [3.8, 4) is 11.1 Å². The second-order valence-electron chi connectivity index (χ2n) is 10.3. The molecule has 0 saturated carbocycles. The van der Waals surface area contributed by atoms with Crippen LogP contribution >= 0.6 is 11.6 Å². The molecule has 210 valence electrons. The van der Waals surface area contributed by atoms with Gasteiger partial charge in [-0.3, -0.25) is 9.59 Å². The van der Waals surface area contributed by atoms with Crippen LogP contribution in [0.2, 0.25) is 5.02 Å². The van der Waals surface area contributed by atoms with E-state index >= 15 is 0 Å². The maximum absolute atomic E-state index is 13.7. The predicted molar refractivity (Wildman–Crippen MR) is 155 cm³/mol. The van der Waals surface area contributed by atoms with Crippen molar-refractivity contribution in [2.45, 2.75) is 51.2 Å². The predicted octanol–water partition coefficient (Wildman–Crippen LogP) is 5.12. The molecule has 3 rings (SSSR count). The van der Waals surface area contributed by atoms with E-state index in [1.54, 1.807) is 26.2 Å². The van der Waals surface area contributed by atoms with Gasteiger partial charge in [0.2, 0.25) is 0 Å². The molecule has 1 heterocycles. The van der Waals surface area contributed by atoms with Crippen LogP contribution < -0.4 is 10.3 Å². The summed E-state index contributed by atoms with van der Waals surface area (Å²) in [5.74, 6) is -1.41. The summed E-state index contributed by atoms with van der Waals surface area (Å²) in [5, 5.41) is 0.0904. The smallest absolute Gasteiger partial charge is 0.250 e.